The van der Waals surface area contributed by atoms with Crippen molar-refractivity contribution in [2.24, 2.45) is 4.99 Å². The molecule has 150 valence electrons. The summed E-state index contributed by atoms with van der Waals surface area (Å²) in [5, 5.41) is 6.40. The maximum Gasteiger partial charge on any atom is 0.211 e. The predicted molar refractivity (Wildman–Crippen MR) is 118 cm³/mol. The molecule has 1 rings (SSSR count). The van der Waals surface area contributed by atoms with Crippen LogP contribution in [0.15, 0.2) is 35.3 Å². The van der Waals surface area contributed by atoms with Crippen molar-refractivity contribution in [3.8, 4) is 5.75 Å². The molecule has 0 aliphatic rings. The van der Waals surface area contributed by atoms with Crippen LogP contribution in [0.2, 0.25) is 0 Å². The Bertz CT molecular complexity index is 612. The van der Waals surface area contributed by atoms with Crippen molar-refractivity contribution in [1.29, 1.82) is 0 Å². The number of hydrogen-bond acceptors (Lipinski definition) is 4. The molecule has 0 saturated carbocycles. The SMILES string of the molecule is CCN(CCCNC(=NC)NCCCOc1ccccc1)S(C)(=O)=O.I. The van der Waals surface area contributed by atoms with Crippen molar-refractivity contribution < 1.29 is 13.2 Å². The summed E-state index contributed by atoms with van der Waals surface area (Å²) < 4.78 is 30.1. The summed E-state index contributed by atoms with van der Waals surface area (Å²) in [5.41, 5.74) is 0. The molecule has 0 radical (unpaired) electrons. The van der Waals surface area contributed by atoms with Gasteiger partial charge in [0, 0.05) is 33.2 Å². The van der Waals surface area contributed by atoms with Gasteiger partial charge in [0.1, 0.15) is 5.75 Å². The minimum Gasteiger partial charge on any atom is -0.494 e. The largest absolute Gasteiger partial charge is 0.494 e. The van der Waals surface area contributed by atoms with Crippen LogP contribution in [0, 0.1) is 0 Å². The normalized spacial score (nSPS) is 11.8. The van der Waals surface area contributed by atoms with Gasteiger partial charge in [-0.05, 0) is 25.0 Å². The fraction of sp³-hybridized carbons (Fsp3) is 0.588. The molecule has 0 aliphatic heterocycles. The van der Waals surface area contributed by atoms with Crippen LogP contribution in [0.4, 0.5) is 0 Å². The fourth-order valence-electron chi connectivity index (χ4n) is 2.23. The lowest BCUT2D eigenvalue weighted by atomic mass is 10.3. The van der Waals surface area contributed by atoms with Gasteiger partial charge in [0.2, 0.25) is 10.0 Å². The molecule has 2 N–H and O–H groups in total. The molecular weight excluding hydrogens is 467 g/mol. The van der Waals surface area contributed by atoms with E-state index in [2.05, 4.69) is 15.6 Å². The summed E-state index contributed by atoms with van der Waals surface area (Å²) in [5.74, 6) is 1.58. The number of nitrogens with zero attached hydrogens (tertiary/aromatic N) is 2. The van der Waals surface area contributed by atoms with Crippen molar-refractivity contribution >= 4 is 40.0 Å². The third-order valence-electron chi connectivity index (χ3n) is 3.55. The number of rotatable bonds is 11. The summed E-state index contributed by atoms with van der Waals surface area (Å²) in [6.07, 6.45) is 2.81. The Morgan fingerprint density at radius 3 is 2.31 bits per heavy atom. The van der Waals surface area contributed by atoms with Crippen molar-refractivity contribution in [3.05, 3.63) is 30.3 Å². The van der Waals surface area contributed by atoms with Gasteiger partial charge < -0.3 is 15.4 Å². The van der Waals surface area contributed by atoms with Crippen LogP contribution in [0.5, 0.6) is 5.75 Å². The summed E-state index contributed by atoms with van der Waals surface area (Å²) in [6.45, 7) is 4.88. The van der Waals surface area contributed by atoms with E-state index in [4.69, 9.17) is 4.74 Å². The number of benzene rings is 1. The number of nitrogens with one attached hydrogen (secondary N) is 2. The molecule has 0 unspecified atom stereocenters. The van der Waals surface area contributed by atoms with E-state index in [-0.39, 0.29) is 24.0 Å². The molecule has 0 aromatic heterocycles. The van der Waals surface area contributed by atoms with E-state index >= 15 is 0 Å². The molecule has 1 aromatic carbocycles. The van der Waals surface area contributed by atoms with E-state index in [1.165, 1.54) is 10.6 Å². The van der Waals surface area contributed by atoms with E-state index in [9.17, 15) is 8.42 Å². The van der Waals surface area contributed by atoms with E-state index in [0.29, 0.717) is 32.2 Å². The van der Waals surface area contributed by atoms with Gasteiger partial charge in [-0.25, -0.2) is 12.7 Å². The Kier molecular flexibility index (Phi) is 13.5. The molecule has 0 amide bonds. The van der Waals surface area contributed by atoms with Gasteiger partial charge >= 0.3 is 0 Å². The van der Waals surface area contributed by atoms with Gasteiger partial charge in [0.05, 0.1) is 12.9 Å². The molecular formula is C17H31IN4O3S. The Labute approximate surface area is 174 Å². The second-order valence-corrected chi connectivity index (χ2v) is 7.53. The minimum atomic E-state index is -3.12. The Morgan fingerprint density at radius 1 is 1.15 bits per heavy atom. The lowest BCUT2D eigenvalue weighted by molar-refractivity contribution is 0.311. The van der Waals surface area contributed by atoms with Crippen molar-refractivity contribution in [2.45, 2.75) is 19.8 Å². The number of para-hydroxylation sites is 1. The molecule has 1 aromatic rings. The zero-order chi connectivity index (χ0) is 18.5. The molecule has 7 nitrogen and oxygen atoms in total. The summed E-state index contributed by atoms with van der Waals surface area (Å²) in [6, 6.07) is 9.72. The third kappa shape index (κ3) is 10.8. The molecule has 0 aliphatic carbocycles. The lowest BCUT2D eigenvalue weighted by Crippen LogP contribution is -2.40. The standard InChI is InChI=1S/C17H30N4O3S.HI/c1-4-21(25(3,22)23)14-8-12-19-17(18-2)20-13-9-15-24-16-10-6-5-7-11-16;/h5-7,10-11H,4,8-9,12-15H2,1-3H3,(H2,18,19,20);1H. The molecule has 9 heteroatoms. The fourth-order valence-corrected chi connectivity index (χ4v) is 3.16. The average Bonchev–Trinajstić information content (AvgIpc) is 2.59. The van der Waals surface area contributed by atoms with E-state index in [1.54, 1.807) is 7.05 Å². The van der Waals surface area contributed by atoms with E-state index < -0.39 is 10.0 Å². The van der Waals surface area contributed by atoms with Gasteiger partial charge in [0.15, 0.2) is 5.96 Å². The van der Waals surface area contributed by atoms with Gasteiger partial charge in [-0.3, -0.25) is 4.99 Å². The van der Waals surface area contributed by atoms with Crippen molar-refractivity contribution in [3.63, 3.8) is 0 Å². The topological polar surface area (TPSA) is 83.0 Å². The number of guanidine groups is 1. The number of sulfonamides is 1. The second kappa shape index (κ2) is 14.0. The highest BCUT2D eigenvalue weighted by Crippen LogP contribution is 2.07. The Hall–Kier alpha value is -1.07. The molecule has 0 atom stereocenters. The number of halogens is 1. The van der Waals surface area contributed by atoms with Crippen LogP contribution >= 0.6 is 24.0 Å². The van der Waals surface area contributed by atoms with E-state index in [0.717, 1.165) is 25.1 Å². The average molecular weight is 498 g/mol. The lowest BCUT2D eigenvalue weighted by Gasteiger charge is -2.18. The molecule has 0 heterocycles. The summed E-state index contributed by atoms with van der Waals surface area (Å²) >= 11 is 0. The van der Waals surface area contributed by atoms with Gasteiger partial charge in [-0.1, -0.05) is 25.1 Å². The first kappa shape index (κ1) is 24.9. The van der Waals surface area contributed by atoms with E-state index in [1.807, 2.05) is 37.3 Å². The van der Waals surface area contributed by atoms with Crippen LogP contribution in [-0.4, -0.2) is 64.8 Å². The van der Waals surface area contributed by atoms with Crippen molar-refractivity contribution in [1.82, 2.24) is 14.9 Å². The molecule has 0 spiro atoms. The quantitative estimate of drug-likeness (QED) is 0.211. The highest BCUT2D eigenvalue weighted by molar-refractivity contribution is 14.0. The van der Waals surface area contributed by atoms with Crippen molar-refractivity contribution in [2.75, 3.05) is 46.1 Å². The van der Waals surface area contributed by atoms with Gasteiger partial charge in [-0.15, -0.1) is 24.0 Å². The number of ether oxygens (including phenoxy) is 1. The first-order valence-corrected chi connectivity index (χ1v) is 10.4. The van der Waals surface area contributed by atoms with Crippen LogP contribution in [-0.2, 0) is 10.0 Å². The zero-order valence-corrected chi connectivity index (χ0v) is 18.9. The van der Waals surface area contributed by atoms with Crippen LogP contribution in [0.3, 0.4) is 0 Å². The maximum absolute atomic E-state index is 11.5. The summed E-state index contributed by atoms with van der Waals surface area (Å²) in [4.78, 5) is 4.15. The molecule has 0 fully saturated rings. The Morgan fingerprint density at radius 2 is 1.77 bits per heavy atom. The van der Waals surface area contributed by atoms with Crippen LogP contribution in [0.1, 0.15) is 19.8 Å². The number of aliphatic imine (C=N–C) groups is 1. The Balaban J connectivity index is 0.00000625. The monoisotopic (exact) mass is 498 g/mol. The van der Waals surface area contributed by atoms with Crippen LogP contribution < -0.4 is 15.4 Å². The smallest absolute Gasteiger partial charge is 0.211 e. The van der Waals surface area contributed by atoms with Crippen LogP contribution in [0.25, 0.3) is 0 Å². The van der Waals surface area contributed by atoms with Gasteiger partial charge in [0.25, 0.3) is 0 Å². The predicted octanol–water partition coefficient (Wildman–Crippen LogP) is 1.91. The first-order chi connectivity index (χ1) is 12.0. The maximum atomic E-state index is 11.5. The first-order valence-electron chi connectivity index (χ1n) is 8.55. The second-order valence-electron chi connectivity index (χ2n) is 5.55. The molecule has 0 saturated heterocycles. The number of hydrogen-bond donors (Lipinski definition) is 2. The molecule has 26 heavy (non-hydrogen) atoms. The highest BCUT2D eigenvalue weighted by Gasteiger charge is 2.13. The minimum absolute atomic E-state index is 0. The molecule has 0 bridgehead atoms. The third-order valence-corrected chi connectivity index (χ3v) is 4.93. The highest BCUT2D eigenvalue weighted by atomic mass is 127. The summed E-state index contributed by atoms with van der Waals surface area (Å²) in [7, 11) is -1.41. The zero-order valence-electron chi connectivity index (χ0n) is 15.8. The van der Waals surface area contributed by atoms with Gasteiger partial charge in [-0.2, -0.15) is 0 Å².